The molecule has 1 aliphatic heterocycles. The van der Waals surface area contributed by atoms with Gasteiger partial charge in [0.05, 0.1) is 17.4 Å². The molecular weight excluding hydrogens is 304 g/mol. The van der Waals surface area contributed by atoms with Gasteiger partial charge in [-0.25, -0.2) is 4.98 Å². The Morgan fingerprint density at radius 1 is 1.43 bits per heavy atom. The normalized spacial score (nSPS) is 18.2. The van der Waals surface area contributed by atoms with Gasteiger partial charge >= 0.3 is 0 Å². The fourth-order valence-corrected chi connectivity index (χ4v) is 3.17. The van der Waals surface area contributed by atoms with Crippen LogP contribution in [-0.2, 0) is 0 Å². The van der Waals surface area contributed by atoms with Crippen molar-refractivity contribution in [3.05, 3.63) is 45.4 Å². The molecule has 108 valence electrons. The second-order valence-corrected chi connectivity index (χ2v) is 6.20. The van der Waals surface area contributed by atoms with E-state index in [9.17, 15) is 5.11 Å². The molecule has 0 saturated carbocycles. The predicted molar refractivity (Wildman–Crippen MR) is 87.0 cm³/mol. The lowest BCUT2D eigenvalue weighted by Gasteiger charge is -2.32. The summed E-state index contributed by atoms with van der Waals surface area (Å²) in [6.45, 7) is 1.53. The summed E-state index contributed by atoms with van der Waals surface area (Å²) in [5.41, 5.74) is 2.80. The molecule has 0 spiro atoms. The number of pyridine rings is 1. The molecule has 5 heteroatoms. The van der Waals surface area contributed by atoms with Crippen LogP contribution in [0.1, 0.15) is 24.0 Å². The molecule has 3 rings (SSSR count). The van der Waals surface area contributed by atoms with E-state index in [2.05, 4.69) is 21.7 Å². The first-order chi connectivity index (χ1) is 10.2. The quantitative estimate of drug-likeness (QED) is 0.648. The minimum absolute atomic E-state index is 0.289. The van der Waals surface area contributed by atoms with E-state index < -0.39 is 0 Å². The van der Waals surface area contributed by atoms with Gasteiger partial charge in [0.2, 0.25) is 0 Å². The number of β-amino-alcohol motifs (C(OH)–C–C–N with tert-alkyl or cyclic N) is 1. The number of hydrogen-bond donors (Lipinski definition) is 1. The molecule has 0 aliphatic carbocycles. The molecule has 0 amide bonds. The summed E-state index contributed by atoms with van der Waals surface area (Å²) in [7, 11) is 0. The first-order valence-electron chi connectivity index (χ1n) is 6.85. The molecule has 1 saturated heterocycles. The lowest BCUT2D eigenvalue weighted by Crippen LogP contribution is -2.38. The molecule has 1 aliphatic rings. The molecule has 1 fully saturated rings. The van der Waals surface area contributed by atoms with E-state index in [1.165, 1.54) is 0 Å². The third-order valence-electron chi connectivity index (χ3n) is 3.45. The molecule has 1 N–H and O–H groups in total. The zero-order chi connectivity index (χ0) is 14.7. The monoisotopic (exact) mass is 318 g/mol. The Morgan fingerprint density at radius 2 is 2.33 bits per heavy atom. The summed E-state index contributed by atoms with van der Waals surface area (Å²) >= 11 is 7.65. The summed E-state index contributed by atoms with van der Waals surface area (Å²) in [6.07, 6.45) is 3.24. The lowest BCUT2D eigenvalue weighted by atomic mass is 10.1. The summed E-state index contributed by atoms with van der Waals surface area (Å²) in [4.78, 5) is 6.27. The zero-order valence-electron chi connectivity index (χ0n) is 11.4. The third kappa shape index (κ3) is 3.56. The first-order valence-corrected chi connectivity index (χ1v) is 8.17. The van der Waals surface area contributed by atoms with Crippen molar-refractivity contribution in [3.8, 4) is 11.8 Å². The molecule has 0 bridgehead atoms. The van der Waals surface area contributed by atoms with Crippen LogP contribution in [0.25, 0.3) is 0 Å². The van der Waals surface area contributed by atoms with Crippen molar-refractivity contribution in [3.63, 3.8) is 0 Å². The minimum Gasteiger partial charge on any atom is -0.391 e. The fourth-order valence-electron chi connectivity index (χ4n) is 2.43. The molecule has 0 unspecified atom stereocenters. The number of rotatable bonds is 1. The lowest BCUT2D eigenvalue weighted by molar-refractivity contribution is 0.154. The van der Waals surface area contributed by atoms with Gasteiger partial charge in [0, 0.05) is 36.3 Å². The maximum atomic E-state index is 9.86. The number of thiophene rings is 1. The highest BCUT2D eigenvalue weighted by Crippen LogP contribution is 2.26. The van der Waals surface area contributed by atoms with Gasteiger partial charge in [-0.2, -0.15) is 11.3 Å². The second-order valence-electron chi connectivity index (χ2n) is 5.03. The van der Waals surface area contributed by atoms with Gasteiger partial charge in [0.25, 0.3) is 0 Å². The van der Waals surface area contributed by atoms with Gasteiger partial charge in [-0.1, -0.05) is 23.4 Å². The van der Waals surface area contributed by atoms with Crippen molar-refractivity contribution in [1.82, 2.24) is 4.98 Å². The van der Waals surface area contributed by atoms with Crippen LogP contribution in [-0.4, -0.2) is 29.3 Å². The standard InChI is InChI=1S/C16H15ClN2OS/c17-16-8-15(19-6-1-2-14(20)10-19)13(9-18-16)4-3-12-5-7-21-11-12/h5,7-9,11,14,20H,1-2,6,10H2/t14-/m0/s1. The Balaban J connectivity index is 1.93. The van der Waals surface area contributed by atoms with Crippen LogP contribution in [0, 0.1) is 11.8 Å². The Morgan fingerprint density at radius 3 is 3.10 bits per heavy atom. The molecular formula is C16H15ClN2OS. The van der Waals surface area contributed by atoms with Crippen LogP contribution < -0.4 is 4.90 Å². The Hall–Kier alpha value is -1.54. The highest BCUT2D eigenvalue weighted by Gasteiger charge is 2.20. The van der Waals surface area contributed by atoms with Crippen molar-refractivity contribution in [1.29, 1.82) is 0 Å². The number of nitrogens with zero attached hydrogens (tertiary/aromatic N) is 2. The minimum atomic E-state index is -0.289. The van der Waals surface area contributed by atoms with Crippen molar-refractivity contribution in [2.75, 3.05) is 18.0 Å². The third-order valence-corrected chi connectivity index (χ3v) is 4.34. The summed E-state index contributed by atoms with van der Waals surface area (Å²) in [5.74, 6) is 6.31. The molecule has 0 radical (unpaired) electrons. The maximum absolute atomic E-state index is 9.86. The Bertz CT molecular complexity index is 675. The smallest absolute Gasteiger partial charge is 0.131 e. The molecule has 21 heavy (non-hydrogen) atoms. The molecule has 3 nitrogen and oxygen atoms in total. The van der Waals surface area contributed by atoms with Crippen LogP contribution >= 0.6 is 22.9 Å². The average Bonchev–Trinajstić information content (AvgIpc) is 2.99. The molecule has 2 aromatic rings. The number of halogens is 1. The van der Waals surface area contributed by atoms with E-state index in [1.807, 2.05) is 22.9 Å². The predicted octanol–water partition coefficient (Wildman–Crippen LogP) is 3.16. The second kappa shape index (κ2) is 6.48. The largest absolute Gasteiger partial charge is 0.391 e. The van der Waals surface area contributed by atoms with Crippen molar-refractivity contribution < 1.29 is 5.11 Å². The molecule has 0 aromatic carbocycles. The highest BCUT2D eigenvalue weighted by molar-refractivity contribution is 7.08. The topological polar surface area (TPSA) is 36.4 Å². The van der Waals surface area contributed by atoms with E-state index in [0.717, 1.165) is 36.2 Å². The number of aromatic nitrogens is 1. The SMILES string of the molecule is O[C@H]1CCCN(c2cc(Cl)ncc2C#Cc2ccsc2)C1. The van der Waals surface area contributed by atoms with E-state index in [-0.39, 0.29) is 6.10 Å². The number of aliphatic hydroxyl groups is 1. The van der Waals surface area contributed by atoms with Crippen molar-refractivity contribution >= 4 is 28.6 Å². The fraction of sp³-hybridized carbons (Fsp3) is 0.312. The summed E-state index contributed by atoms with van der Waals surface area (Å²) in [5, 5.41) is 14.3. The van der Waals surface area contributed by atoms with Crippen LogP contribution in [0.2, 0.25) is 5.15 Å². The zero-order valence-corrected chi connectivity index (χ0v) is 13.0. The van der Waals surface area contributed by atoms with Gasteiger partial charge in [-0.05, 0) is 24.3 Å². The Kier molecular flexibility index (Phi) is 4.45. The van der Waals surface area contributed by atoms with Gasteiger partial charge in [0.15, 0.2) is 0 Å². The van der Waals surface area contributed by atoms with Gasteiger partial charge < -0.3 is 10.0 Å². The van der Waals surface area contributed by atoms with Crippen LogP contribution in [0.15, 0.2) is 29.1 Å². The first kappa shape index (κ1) is 14.4. The average molecular weight is 319 g/mol. The van der Waals surface area contributed by atoms with Crippen LogP contribution in [0.4, 0.5) is 5.69 Å². The van der Waals surface area contributed by atoms with E-state index in [1.54, 1.807) is 17.5 Å². The number of piperidine rings is 1. The van der Waals surface area contributed by atoms with Crippen molar-refractivity contribution in [2.45, 2.75) is 18.9 Å². The van der Waals surface area contributed by atoms with Gasteiger partial charge in [0.1, 0.15) is 5.15 Å². The summed E-state index contributed by atoms with van der Waals surface area (Å²) < 4.78 is 0. The number of hydrogen-bond acceptors (Lipinski definition) is 4. The Labute approximate surface area is 133 Å². The van der Waals surface area contributed by atoms with Gasteiger partial charge in [-0.15, -0.1) is 0 Å². The van der Waals surface area contributed by atoms with Gasteiger partial charge in [-0.3, -0.25) is 0 Å². The molecule has 3 heterocycles. The molecule has 2 aromatic heterocycles. The van der Waals surface area contributed by atoms with E-state index in [4.69, 9.17) is 11.6 Å². The maximum Gasteiger partial charge on any atom is 0.131 e. The number of aliphatic hydroxyl groups excluding tert-OH is 1. The van der Waals surface area contributed by atoms with E-state index >= 15 is 0 Å². The highest BCUT2D eigenvalue weighted by atomic mass is 35.5. The molecule has 1 atom stereocenters. The number of anilines is 1. The van der Waals surface area contributed by atoms with Crippen LogP contribution in [0.5, 0.6) is 0 Å². The van der Waals surface area contributed by atoms with Crippen molar-refractivity contribution in [2.24, 2.45) is 0 Å². The van der Waals surface area contributed by atoms with Crippen LogP contribution in [0.3, 0.4) is 0 Å². The van der Waals surface area contributed by atoms with E-state index in [0.29, 0.717) is 11.7 Å². The summed E-state index contributed by atoms with van der Waals surface area (Å²) in [6, 6.07) is 3.82.